The van der Waals surface area contributed by atoms with Crippen molar-refractivity contribution >= 4 is 21.7 Å². The molecule has 0 aliphatic carbocycles. The van der Waals surface area contributed by atoms with Gasteiger partial charge in [-0.2, -0.15) is 0 Å². The van der Waals surface area contributed by atoms with Gasteiger partial charge in [-0.15, -0.1) is 0 Å². The third-order valence-corrected chi connectivity index (χ3v) is 6.84. The fourth-order valence-electron chi connectivity index (χ4n) is 4.90. The van der Waals surface area contributed by atoms with Gasteiger partial charge in [0.15, 0.2) is 0 Å². The van der Waals surface area contributed by atoms with E-state index in [1.165, 1.54) is 29.4 Å². The second-order valence-corrected chi connectivity index (χ2v) is 9.62. The third-order valence-electron chi connectivity index (χ3n) is 6.84. The van der Waals surface area contributed by atoms with Crippen LogP contribution in [0, 0.1) is 13.8 Å². The fourth-order valence-corrected chi connectivity index (χ4v) is 4.90. The Hall–Kier alpha value is -2.75. The lowest BCUT2D eigenvalue weighted by Gasteiger charge is -2.26. The zero-order chi connectivity index (χ0) is 24.1. The molecule has 4 aromatic rings. The normalized spacial score (nSPS) is 12.6. The summed E-state index contributed by atoms with van der Waals surface area (Å²) in [5.74, 6) is 0. The Morgan fingerprint density at radius 1 is 0.853 bits per heavy atom. The average molecular weight is 455 g/mol. The molecule has 1 N–H and O–H groups in total. The number of fused-ring (bicyclic) bond motifs is 3. The first kappa shape index (κ1) is 24.4. The zero-order valence-corrected chi connectivity index (χ0v) is 21.1. The number of aromatic nitrogens is 1. The molecule has 0 saturated heterocycles. The number of aryl methyl sites for hydroxylation is 2. The number of hydrogen-bond acceptors (Lipinski definition) is 3. The summed E-state index contributed by atoms with van der Waals surface area (Å²) in [6.45, 7) is 11.4. The molecule has 3 nitrogen and oxygen atoms in total. The van der Waals surface area contributed by atoms with Gasteiger partial charge in [0, 0.05) is 22.9 Å². The van der Waals surface area contributed by atoms with Crippen molar-refractivity contribution in [2.45, 2.75) is 59.5 Å². The average Bonchev–Trinajstić information content (AvgIpc) is 2.84. The van der Waals surface area contributed by atoms with Crippen LogP contribution in [0.1, 0.15) is 62.3 Å². The highest BCUT2D eigenvalue weighted by molar-refractivity contribution is 6.07. The van der Waals surface area contributed by atoms with Gasteiger partial charge in [0.1, 0.15) is 0 Å². The van der Waals surface area contributed by atoms with Crippen LogP contribution in [0.5, 0.6) is 0 Å². The number of rotatable bonds is 10. The van der Waals surface area contributed by atoms with Crippen molar-refractivity contribution in [1.29, 1.82) is 0 Å². The Morgan fingerprint density at radius 2 is 1.59 bits per heavy atom. The molecule has 4 rings (SSSR count). The number of unbranched alkanes of at least 4 members (excludes halogenated alkanes) is 2. The number of aliphatic hydroxyl groups is 1. The summed E-state index contributed by atoms with van der Waals surface area (Å²) in [4.78, 5) is 7.59. The molecule has 0 aliphatic rings. The molecule has 3 heteroatoms. The molecule has 0 fully saturated rings. The number of nitrogens with zero attached hydrogens (tertiary/aromatic N) is 2. The Balaban J connectivity index is 1.84. The maximum atomic E-state index is 11.6. The molecular formula is C31H38N2O. The van der Waals surface area contributed by atoms with Crippen molar-refractivity contribution in [3.8, 4) is 11.3 Å². The highest BCUT2D eigenvalue weighted by atomic mass is 16.3. The predicted octanol–water partition coefficient (Wildman–Crippen LogP) is 7.61. The van der Waals surface area contributed by atoms with Crippen molar-refractivity contribution in [3.05, 3.63) is 77.4 Å². The summed E-state index contributed by atoms with van der Waals surface area (Å²) in [5, 5.41) is 14.9. The number of aliphatic hydroxyl groups excluding tert-OH is 1. The molecule has 0 spiro atoms. The van der Waals surface area contributed by atoms with Crippen LogP contribution in [0.2, 0.25) is 0 Å². The van der Waals surface area contributed by atoms with Gasteiger partial charge >= 0.3 is 0 Å². The molecule has 0 saturated carbocycles. The van der Waals surface area contributed by atoms with Crippen LogP contribution in [0.15, 0.2) is 60.7 Å². The maximum Gasteiger partial charge on any atom is 0.0924 e. The van der Waals surface area contributed by atoms with E-state index in [-0.39, 0.29) is 0 Å². The molecule has 3 aromatic carbocycles. The lowest BCUT2D eigenvalue weighted by molar-refractivity contribution is 0.112. The van der Waals surface area contributed by atoms with Crippen molar-refractivity contribution in [1.82, 2.24) is 9.88 Å². The Morgan fingerprint density at radius 3 is 2.29 bits per heavy atom. The Bertz CT molecular complexity index is 1260. The molecule has 0 bridgehead atoms. The van der Waals surface area contributed by atoms with Gasteiger partial charge in [-0.3, -0.25) is 0 Å². The molecule has 0 aliphatic heterocycles. The quantitative estimate of drug-likeness (QED) is 0.251. The van der Waals surface area contributed by atoms with Crippen molar-refractivity contribution in [2.75, 3.05) is 19.6 Å². The first-order valence-electron chi connectivity index (χ1n) is 12.8. The minimum atomic E-state index is -0.565. The maximum absolute atomic E-state index is 11.6. The van der Waals surface area contributed by atoms with Crippen LogP contribution < -0.4 is 0 Å². The van der Waals surface area contributed by atoms with Gasteiger partial charge in [-0.25, -0.2) is 4.98 Å². The summed E-state index contributed by atoms with van der Waals surface area (Å²) in [7, 11) is 0. The van der Waals surface area contributed by atoms with Gasteiger partial charge in [0.2, 0.25) is 0 Å². The highest BCUT2D eigenvalue weighted by Crippen LogP contribution is 2.34. The number of pyridine rings is 1. The van der Waals surface area contributed by atoms with Gasteiger partial charge in [-0.05, 0) is 62.4 Å². The summed E-state index contributed by atoms with van der Waals surface area (Å²) >= 11 is 0. The van der Waals surface area contributed by atoms with Gasteiger partial charge in [0.05, 0.1) is 17.3 Å². The van der Waals surface area contributed by atoms with Crippen LogP contribution in [-0.4, -0.2) is 34.6 Å². The van der Waals surface area contributed by atoms with E-state index >= 15 is 0 Å². The third kappa shape index (κ3) is 5.32. The van der Waals surface area contributed by atoms with Gasteiger partial charge < -0.3 is 10.0 Å². The minimum Gasteiger partial charge on any atom is -0.387 e. The second kappa shape index (κ2) is 11.1. The van der Waals surface area contributed by atoms with E-state index in [1.807, 2.05) is 0 Å². The standard InChI is InChI=1S/C31H38N2O/c1-5-7-17-33(18-8-6-2)21-30(34)28-20-29(25-15-13-22(3)19-23(25)4)32-31-26-12-10-9-11-24(26)14-16-27(28)31/h9-16,19-20,30,34H,5-8,17-18,21H2,1-4H3. The van der Waals surface area contributed by atoms with Gasteiger partial charge in [-0.1, -0.05) is 86.8 Å². The largest absolute Gasteiger partial charge is 0.387 e. The number of hydrogen-bond donors (Lipinski definition) is 1. The molecule has 1 atom stereocenters. The zero-order valence-electron chi connectivity index (χ0n) is 21.1. The minimum absolute atomic E-state index is 0.565. The van der Waals surface area contributed by atoms with Crippen LogP contribution in [-0.2, 0) is 0 Å². The van der Waals surface area contributed by atoms with Crippen LogP contribution in [0.4, 0.5) is 0 Å². The van der Waals surface area contributed by atoms with Crippen LogP contribution >= 0.6 is 0 Å². The lowest BCUT2D eigenvalue weighted by Crippen LogP contribution is -2.31. The molecule has 178 valence electrons. The van der Waals surface area contributed by atoms with E-state index in [2.05, 4.69) is 93.3 Å². The van der Waals surface area contributed by atoms with Crippen molar-refractivity contribution in [3.63, 3.8) is 0 Å². The Kier molecular flexibility index (Phi) is 7.97. The van der Waals surface area contributed by atoms with E-state index < -0.39 is 6.10 Å². The second-order valence-electron chi connectivity index (χ2n) is 9.62. The van der Waals surface area contributed by atoms with E-state index in [0.717, 1.165) is 59.0 Å². The highest BCUT2D eigenvalue weighted by Gasteiger charge is 2.19. The van der Waals surface area contributed by atoms with Gasteiger partial charge in [0.25, 0.3) is 0 Å². The molecule has 0 radical (unpaired) electrons. The SMILES string of the molecule is CCCCN(CCCC)CC(O)c1cc(-c2ccc(C)cc2C)nc2c1ccc1ccccc12. The smallest absolute Gasteiger partial charge is 0.0924 e. The van der Waals surface area contributed by atoms with Crippen molar-refractivity contribution in [2.24, 2.45) is 0 Å². The Labute approximate surface area is 204 Å². The van der Waals surface area contributed by atoms with E-state index in [9.17, 15) is 5.11 Å². The van der Waals surface area contributed by atoms with Crippen molar-refractivity contribution < 1.29 is 5.11 Å². The molecule has 1 unspecified atom stereocenters. The summed E-state index contributed by atoms with van der Waals surface area (Å²) in [6.07, 6.45) is 4.09. The summed E-state index contributed by atoms with van der Waals surface area (Å²) < 4.78 is 0. The fraction of sp³-hybridized carbons (Fsp3) is 0.387. The summed E-state index contributed by atoms with van der Waals surface area (Å²) in [6, 6.07) is 21.3. The van der Waals surface area contributed by atoms with Crippen LogP contribution in [0.25, 0.3) is 32.9 Å². The molecule has 0 amide bonds. The molecular weight excluding hydrogens is 416 g/mol. The molecule has 1 aromatic heterocycles. The monoisotopic (exact) mass is 454 g/mol. The van der Waals surface area contributed by atoms with Crippen LogP contribution in [0.3, 0.4) is 0 Å². The first-order chi connectivity index (χ1) is 16.5. The predicted molar refractivity (Wildman–Crippen MR) is 145 cm³/mol. The van der Waals surface area contributed by atoms with E-state index in [4.69, 9.17) is 4.98 Å². The molecule has 34 heavy (non-hydrogen) atoms. The number of benzene rings is 3. The first-order valence-corrected chi connectivity index (χ1v) is 12.8. The topological polar surface area (TPSA) is 36.4 Å². The summed E-state index contributed by atoms with van der Waals surface area (Å²) in [5.41, 5.74) is 6.46. The van der Waals surface area contributed by atoms with E-state index in [1.54, 1.807) is 0 Å². The lowest BCUT2D eigenvalue weighted by atomic mass is 9.95. The molecule has 1 heterocycles. The van der Waals surface area contributed by atoms with E-state index in [0.29, 0.717) is 6.54 Å².